The van der Waals surface area contributed by atoms with Crippen molar-refractivity contribution in [3.8, 4) is 5.69 Å². The van der Waals surface area contributed by atoms with Crippen molar-refractivity contribution in [2.24, 2.45) is 0 Å². The largest absolute Gasteiger partial charge is 0.378 e. The van der Waals surface area contributed by atoms with Crippen molar-refractivity contribution in [1.82, 2.24) is 25.0 Å². The zero-order valence-electron chi connectivity index (χ0n) is 22.0. The van der Waals surface area contributed by atoms with E-state index in [0.717, 1.165) is 45.7 Å². The lowest BCUT2D eigenvalue weighted by atomic mass is 10.1. The molecule has 8 nitrogen and oxygen atoms in total. The van der Waals surface area contributed by atoms with Gasteiger partial charge in [-0.05, 0) is 49.1 Å². The van der Waals surface area contributed by atoms with Gasteiger partial charge < -0.3 is 5.32 Å². The van der Waals surface area contributed by atoms with E-state index in [1.165, 1.54) is 28.7 Å². The molecule has 1 amide bonds. The molecule has 5 rings (SSSR count). The number of aromatic nitrogens is 5. The van der Waals surface area contributed by atoms with Crippen LogP contribution in [0.25, 0.3) is 5.69 Å². The second kappa shape index (κ2) is 14.1. The highest BCUT2D eigenvalue weighted by atomic mass is 32.2. The van der Waals surface area contributed by atoms with Gasteiger partial charge in [-0.15, -0.1) is 20.4 Å². The molecule has 0 radical (unpaired) electrons. The SMILES string of the molecule is Cc1ccccc1NCc1nnc(SCC(=O)Nc2nnc(SCCCc3ccccc3)s2)n1-c1ccccc1. The number of nitrogens with zero attached hydrogens (tertiary/aromatic N) is 5. The van der Waals surface area contributed by atoms with Gasteiger partial charge in [0.05, 0.1) is 12.3 Å². The molecule has 0 atom stereocenters. The number of aryl methyl sites for hydroxylation is 2. The summed E-state index contributed by atoms with van der Waals surface area (Å²) in [6.45, 7) is 2.56. The van der Waals surface area contributed by atoms with Gasteiger partial charge in [0.1, 0.15) is 0 Å². The standard InChI is InChI=1S/C29H29N7OS3/c1-21-11-8-9-17-24(21)30-19-25-32-34-28(36(25)23-15-6-3-7-16-23)39-20-26(37)31-27-33-35-29(40-27)38-18-10-14-22-12-4-2-5-13-22/h2-9,11-13,15-17,30H,10,14,18-20H2,1H3,(H,31,33,37). The molecule has 5 aromatic rings. The molecular weight excluding hydrogens is 559 g/mol. The highest BCUT2D eigenvalue weighted by Crippen LogP contribution is 2.27. The molecule has 40 heavy (non-hydrogen) atoms. The smallest absolute Gasteiger partial charge is 0.236 e. The monoisotopic (exact) mass is 587 g/mol. The number of thioether (sulfide) groups is 2. The van der Waals surface area contributed by atoms with Gasteiger partial charge in [-0.2, -0.15) is 0 Å². The number of hydrogen-bond acceptors (Lipinski definition) is 9. The fourth-order valence-corrected chi connectivity index (χ4v) is 6.52. The molecule has 0 unspecified atom stereocenters. The summed E-state index contributed by atoms with van der Waals surface area (Å²) in [4.78, 5) is 12.7. The Labute approximate surface area is 246 Å². The van der Waals surface area contributed by atoms with Crippen molar-refractivity contribution in [2.45, 2.75) is 35.8 Å². The Morgan fingerprint density at radius 3 is 2.42 bits per heavy atom. The highest BCUT2D eigenvalue weighted by Gasteiger charge is 2.17. The van der Waals surface area contributed by atoms with Crippen molar-refractivity contribution >= 4 is 51.6 Å². The second-order valence-corrected chi connectivity index (χ2v) is 12.1. The third kappa shape index (κ3) is 7.71. The third-order valence-electron chi connectivity index (χ3n) is 5.96. The lowest BCUT2D eigenvalue weighted by molar-refractivity contribution is -0.113. The molecule has 0 aliphatic carbocycles. The average molecular weight is 588 g/mol. The maximum atomic E-state index is 12.7. The van der Waals surface area contributed by atoms with Gasteiger partial charge in [0.15, 0.2) is 15.3 Å². The van der Waals surface area contributed by atoms with Gasteiger partial charge >= 0.3 is 0 Å². The molecule has 0 fully saturated rings. The predicted molar refractivity (Wildman–Crippen MR) is 165 cm³/mol. The van der Waals surface area contributed by atoms with Gasteiger partial charge in [-0.25, -0.2) is 0 Å². The summed E-state index contributed by atoms with van der Waals surface area (Å²) in [5.74, 6) is 1.72. The van der Waals surface area contributed by atoms with Crippen LogP contribution in [0.5, 0.6) is 0 Å². The first-order valence-electron chi connectivity index (χ1n) is 12.9. The number of nitrogens with one attached hydrogen (secondary N) is 2. The van der Waals surface area contributed by atoms with Gasteiger partial charge in [0, 0.05) is 17.1 Å². The van der Waals surface area contributed by atoms with Crippen LogP contribution in [0.1, 0.15) is 23.4 Å². The minimum absolute atomic E-state index is 0.163. The first kappa shape index (κ1) is 27.9. The number of carbonyl (C=O) groups is 1. The molecular formula is C29H29N7OS3. The second-order valence-electron chi connectivity index (χ2n) is 8.89. The number of anilines is 2. The Morgan fingerprint density at radius 2 is 1.62 bits per heavy atom. The summed E-state index contributed by atoms with van der Waals surface area (Å²) in [6.07, 6.45) is 2.09. The zero-order chi connectivity index (χ0) is 27.6. The number of carbonyl (C=O) groups excluding carboxylic acids is 1. The van der Waals surface area contributed by atoms with E-state index in [1.54, 1.807) is 11.8 Å². The van der Waals surface area contributed by atoms with Gasteiger partial charge in [-0.3, -0.25) is 14.7 Å². The molecule has 2 heterocycles. The first-order chi connectivity index (χ1) is 19.7. The predicted octanol–water partition coefficient (Wildman–Crippen LogP) is 6.50. The lowest BCUT2D eigenvalue weighted by Gasteiger charge is -2.12. The fraction of sp³-hybridized carbons (Fsp3) is 0.207. The van der Waals surface area contributed by atoms with Crippen molar-refractivity contribution in [2.75, 3.05) is 22.1 Å². The molecule has 0 saturated heterocycles. The molecule has 0 bridgehead atoms. The molecule has 0 aliphatic rings. The Kier molecular flexibility index (Phi) is 9.83. The maximum Gasteiger partial charge on any atom is 0.236 e. The topological polar surface area (TPSA) is 97.6 Å². The van der Waals surface area contributed by atoms with E-state index in [4.69, 9.17) is 0 Å². The van der Waals surface area contributed by atoms with Crippen LogP contribution in [0.3, 0.4) is 0 Å². The van der Waals surface area contributed by atoms with E-state index < -0.39 is 0 Å². The molecule has 2 N–H and O–H groups in total. The molecule has 204 valence electrons. The summed E-state index contributed by atoms with van der Waals surface area (Å²) in [7, 11) is 0. The van der Waals surface area contributed by atoms with Crippen LogP contribution in [-0.2, 0) is 17.8 Å². The van der Waals surface area contributed by atoms with E-state index >= 15 is 0 Å². The highest BCUT2D eigenvalue weighted by molar-refractivity contribution is 8.01. The minimum atomic E-state index is -0.163. The summed E-state index contributed by atoms with van der Waals surface area (Å²) < 4.78 is 2.84. The molecule has 11 heteroatoms. The number of amides is 1. The quantitative estimate of drug-likeness (QED) is 0.0916. The van der Waals surface area contributed by atoms with E-state index in [-0.39, 0.29) is 11.7 Å². The Balaban J connectivity index is 1.15. The molecule has 0 spiro atoms. The van der Waals surface area contributed by atoms with Crippen LogP contribution in [0.2, 0.25) is 0 Å². The number of hydrogen-bond donors (Lipinski definition) is 2. The third-order valence-corrected chi connectivity index (χ3v) is 8.95. The molecule has 2 aromatic heterocycles. The van der Waals surface area contributed by atoms with Gasteiger partial charge in [-0.1, -0.05) is 102 Å². The molecule has 0 saturated carbocycles. The minimum Gasteiger partial charge on any atom is -0.378 e. The summed E-state index contributed by atoms with van der Waals surface area (Å²) >= 11 is 4.40. The summed E-state index contributed by atoms with van der Waals surface area (Å²) in [5.41, 5.74) is 4.48. The van der Waals surface area contributed by atoms with Gasteiger partial charge in [0.2, 0.25) is 11.0 Å². The maximum absolute atomic E-state index is 12.7. The number of para-hydroxylation sites is 2. The summed E-state index contributed by atoms with van der Waals surface area (Å²) in [6, 6.07) is 28.5. The molecule has 0 aliphatic heterocycles. The average Bonchev–Trinajstić information content (AvgIpc) is 3.61. The van der Waals surface area contributed by atoms with Crippen LogP contribution in [0.4, 0.5) is 10.8 Å². The van der Waals surface area contributed by atoms with Crippen molar-refractivity contribution < 1.29 is 4.79 Å². The van der Waals surface area contributed by atoms with Gasteiger partial charge in [0.25, 0.3) is 0 Å². The normalized spacial score (nSPS) is 10.9. The fourth-order valence-electron chi connectivity index (χ4n) is 3.97. The lowest BCUT2D eigenvalue weighted by Crippen LogP contribution is -2.14. The van der Waals surface area contributed by atoms with Crippen molar-refractivity contribution in [3.05, 3.63) is 102 Å². The van der Waals surface area contributed by atoms with Crippen LogP contribution < -0.4 is 10.6 Å². The van der Waals surface area contributed by atoms with E-state index in [2.05, 4.69) is 68.3 Å². The van der Waals surface area contributed by atoms with E-state index in [1.807, 2.05) is 59.2 Å². The number of benzene rings is 3. The van der Waals surface area contributed by atoms with E-state index in [9.17, 15) is 4.79 Å². The van der Waals surface area contributed by atoms with Crippen molar-refractivity contribution in [1.29, 1.82) is 0 Å². The summed E-state index contributed by atoms with van der Waals surface area (Å²) in [5, 5.41) is 24.7. The molecule has 3 aromatic carbocycles. The Morgan fingerprint density at radius 1 is 0.875 bits per heavy atom. The van der Waals surface area contributed by atoms with Crippen LogP contribution >= 0.6 is 34.9 Å². The Bertz CT molecular complexity index is 1520. The first-order valence-corrected chi connectivity index (χ1v) is 15.7. The number of rotatable bonds is 13. The Hall–Kier alpha value is -3.67. The van der Waals surface area contributed by atoms with Crippen LogP contribution in [0, 0.1) is 6.92 Å². The van der Waals surface area contributed by atoms with Crippen LogP contribution in [-0.4, -0.2) is 42.4 Å². The zero-order valence-corrected chi connectivity index (χ0v) is 24.4. The van der Waals surface area contributed by atoms with Crippen molar-refractivity contribution in [3.63, 3.8) is 0 Å². The van der Waals surface area contributed by atoms with Crippen LogP contribution in [0.15, 0.2) is 94.4 Å². The van der Waals surface area contributed by atoms with E-state index in [0.29, 0.717) is 16.8 Å².